The van der Waals surface area contributed by atoms with Gasteiger partial charge in [0.25, 0.3) is 10.1 Å². The van der Waals surface area contributed by atoms with Crippen molar-refractivity contribution in [2.24, 2.45) is 10.2 Å². The number of rotatable bonds is 3. The minimum Gasteiger partial charge on any atom is -0.397 e. The van der Waals surface area contributed by atoms with Crippen molar-refractivity contribution in [3.05, 3.63) is 41.5 Å². The maximum atomic E-state index is 11.0. The van der Waals surface area contributed by atoms with Gasteiger partial charge in [0.05, 0.1) is 16.3 Å². The number of nitrogens with zero attached hydrogens (tertiary/aromatic N) is 2. The van der Waals surface area contributed by atoms with Crippen LogP contribution in [0.5, 0.6) is 0 Å². The third-order valence-electron chi connectivity index (χ3n) is 3.32. The number of anilines is 2. The summed E-state index contributed by atoms with van der Waals surface area (Å²) in [6.07, 6.45) is 0. The van der Waals surface area contributed by atoms with E-state index in [-0.39, 0.29) is 16.3 Å². The van der Waals surface area contributed by atoms with Crippen LogP contribution in [0.1, 0.15) is 11.1 Å². The lowest BCUT2D eigenvalue weighted by Crippen LogP contribution is -1.99. The molecule has 0 fully saturated rings. The fraction of sp³-hybridized carbons (Fsp3) is 0.143. The van der Waals surface area contributed by atoms with Gasteiger partial charge < -0.3 is 11.5 Å². The van der Waals surface area contributed by atoms with Crippen LogP contribution in [-0.4, -0.2) is 13.0 Å². The van der Waals surface area contributed by atoms with Gasteiger partial charge >= 0.3 is 0 Å². The van der Waals surface area contributed by atoms with Crippen molar-refractivity contribution in [3.63, 3.8) is 0 Å². The van der Waals surface area contributed by atoms with Crippen LogP contribution in [0, 0.1) is 13.8 Å². The molecule has 0 aliphatic heterocycles. The third kappa shape index (κ3) is 3.23. The van der Waals surface area contributed by atoms with Crippen molar-refractivity contribution in [2.45, 2.75) is 18.7 Å². The van der Waals surface area contributed by atoms with E-state index in [4.69, 9.17) is 16.0 Å². The fourth-order valence-electron chi connectivity index (χ4n) is 1.80. The number of azo groups is 1. The second-order valence-corrected chi connectivity index (χ2v) is 6.26. The first-order valence-electron chi connectivity index (χ1n) is 6.34. The fourth-order valence-corrected chi connectivity index (χ4v) is 2.32. The van der Waals surface area contributed by atoms with Crippen molar-refractivity contribution >= 4 is 32.9 Å². The zero-order chi connectivity index (χ0) is 16.5. The van der Waals surface area contributed by atoms with Crippen LogP contribution < -0.4 is 11.5 Å². The summed E-state index contributed by atoms with van der Waals surface area (Å²) in [5.74, 6) is 0. The standard InChI is InChI=1S/C14H16N4O3S/c1-8-3-5-13(14(16)9(8)2)18-17-12-6-4-10(7-11(12)15)22(19,20)21/h3-7H,15-16H2,1-2H3,(H,19,20,21). The summed E-state index contributed by atoms with van der Waals surface area (Å²) in [4.78, 5) is -0.297. The molecule has 8 heteroatoms. The van der Waals surface area contributed by atoms with E-state index in [0.717, 1.165) is 17.2 Å². The maximum absolute atomic E-state index is 11.0. The molecule has 0 saturated carbocycles. The van der Waals surface area contributed by atoms with Gasteiger partial charge in [-0.1, -0.05) is 6.07 Å². The number of nitrogens with two attached hydrogens (primary N) is 2. The van der Waals surface area contributed by atoms with Crippen molar-refractivity contribution in [1.29, 1.82) is 0 Å². The van der Waals surface area contributed by atoms with E-state index in [1.165, 1.54) is 12.1 Å². The molecule has 0 saturated heterocycles. The summed E-state index contributed by atoms with van der Waals surface area (Å²) in [7, 11) is -4.30. The lowest BCUT2D eigenvalue weighted by atomic mass is 10.1. The Morgan fingerprint density at radius 2 is 1.59 bits per heavy atom. The minimum atomic E-state index is -4.30. The van der Waals surface area contributed by atoms with Crippen LogP contribution in [0.2, 0.25) is 0 Å². The number of nitrogen functional groups attached to an aromatic ring is 2. The summed E-state index contributed by atoms with van der Waals surface area (Å²) in [6.45, 7) is 3.83. The van der Waals surface area contributed by atoms with Gasteiger partial charge in [0.1, 0.15) is 11.4 Å². The highest BCUT2D eigenvalue weighted by atomic mass is 32.2. The van der Waals surface area contributed by atoms with E-state index >= 15 is 0 Å². The smallest absolute Gasteiger partial charge is 0.294 e. The molecule has 22 heavy (non-hydrogen) atoms. The second-order valence-electron chi connectivity index (χ2n) is 4.84. The highest BCUT2D eigenvalue weighted by Crippen LogP contribution is 2.31. The topological polar surface area (TPSA) is 131 Å². The average molecular weight is 320 g/mol. The molecule has 0 aliphatic carbocycles. The van der Waals surface area contributed by atoms with Gasteiger partial charge in [-0.15, -0.1) is 10.2 Å². The summed E-state index contributed by atoms with van der Waals surface area (Å²) >= 11 is 0. The zero-order valence-corrected chi connectivity index (χ0v) is 12.9. The maximum Gasteiger partial charge on any atom is 0.294 e. The molecule has 7 nitrogen and oxygen atoms in total. The molecule has 0 unspecified atom stereocenters. The van der Waals surface area contributed by atoms with Crippen LogP contribution in [0.25, 0.3) is 0 Å². The van der Waals surface area contributed by atoms with Crippen LogP contribution >= 0.6 is 0 Å². The van der Waals surface area contributed by atoms with Crippen LogP contribution in [0.15, 0.2) is 45.5 Å². The predicted molar refractivity (Wildman–Crippen MR) is 85.2 cm³/mol. The average Bonchev–Trinajstić information content (AvgIpc) is 2.44. The van der Waals surface area contributed by atoms with Crippen molar-refractivity contribution in [3.8, 4) is 0 Å². The largest absolute Gasteiger partial charge is 0.397 e. The Labute approximate surface area is 128 Å². The molecule has 0 heterocycles. The number of hydrogen-bond acceptors (Lipinski definition) is 6. The summed E-state index contributed by atoms with van der Waals surface area (Å²) in [5.41, 5.74) is 15.0. The van der Waals surface area contributed by atoms with E-state index in [1.807, 2.05) is 19.9 Å². The molecule has 2 aromatic rings. The summed E-state index contributed by atoms with van der Waals surface area (Å²) in [6, 6.07) is 7.30. The lowest BCUT2D eigenvalue weighted by Gasteiger charge is -2.06. The first kappa shape index (κ1) is 15.9. The van der Waals surface area contributed by atoms with Crippen LogP contribution in [-0.2, 0) is 10.1 Å². The predicted octanol–water partition coefficient (Wildman–Crippen LogP) is 3.13. The molecule has 2 rings (SSSR count). The Balaban J connectivity index is 2.38. The zero-order valence-electron chi connectivity index (χ0n) is 12.1. The van der Waals surface area contributed by atoms with Crippen molar-refractivity contribution in [1.82, 2.24) is 0 Å². The van der Waals surface area contributed by atoms with E-state index in [9.17, 15) is 8.42 Å². The minimum absolute atomic E-state index is 0.0845. The third-order valence-corrected chi connectivity index (χ3v) is 4.17. The van der Waals surface area contributed by atoms with E-state index in [1.54, 1.807) is 6.07 Å². The number of benzene rings is 2. The molecule has 0 amide bonds. The molecular formula is C14H16N4O3S. The molecule has 0 aromatic heterocycles. The Hall–Kier alpha value is -2.45. The van der Waals surface area contributed by atoms with Crippen molar-refractivity contribution < 1.29 is 13.0 Å². The molecule has 2 aromatic carbocycles. The molecule has 0 spiro atoms. The quantitative estimate of drug-likeness (QED) is 0.454. The van der Waals surface area contributed by atoms with E-state index in [0.29, 0.717) is 11.4 Å². The second kappa shape index (κ2) is 5.74. The van der Waals surface area contributed by atoms with Crippen LogP contribution in [0.4, 0.5) is 22.7 Å². The molecular weight excluding hydrogens is 304 g/mol. The Bertz CT molecular complexity index is 861. The highest BCUT2D eigenvalue weighted by Gasteiger charge is 2.11. The van der Waals surface area contributed by atoms with Crippen LogP contribution in [0.3, 0.4) is 0 Å². The van der Waals surface area contributed by atoms with Crippen molar-refractivity contribution in [2.75, 3.05) is 11.5 Å². The van der Waals surface area contributed by atoms with Gasteiger partial charge in [-0.05, 0) is 49.2 Å². The summed E-state index contributed by atoms with van der Waals surface area (Å²) in [5, 5.41) is 8.01. The first-order chi connectivity index (χ1) is 10.2. The molecule has 5 N–H and O–H groups in total. The molecule has 116 valence electrons. The van der Waals surface area contributed by atoms with Gasteiger partial charge in [-0.25, -0.2) is 0 Å². The Kier molecular flexibility index (Phi) is 4.16. The Morgan fingerprint density at radius 3 is 2.18 bits per heavy atom. The van der Waals surface area contributed by atoms with Gasteiger partial charge in [-0.2, -0.15) is 8.42 Å². The summed E-state index contributed by atoms with van der Waals surface area (Å²) < 4.78 is 31.0. The molecule has 0 bridgehead atoms. The van der Waals surface area contributed by atoms with Gasteiger partial charge in [-0.3, -0.25) is 4.55 Å². The normalized spacial score (nSPS) is 12.0. The first-order valence-corrected chi connectivity index (χ1v) is 7.78. The van der Waals surface area contributed by atoms with E-state index < -0.39 is 10.1 Å². The lowest BCUT2D eigenvalue weighted by molar-refractivity contribution is 0.483. The molecule has 0 aliphatic rings. The van der Waals surface area contributed by atoms with Gasteiger partial charge in [0, 0.05) is 0 Å². The SMILES string of the molecule is Cc1ccc(N=Nc2ccc(S(=O)(=O)O)cc2N)c(N)c1C. The number of aryl methyl sites for hydroxylation is 1. The molecule has 0 atom stereocenters. The Morgan fingerprint density at radius 1 is 1.00 bits per heavy atom. The number of hydrogen-bond donors (Lipinski definition) is 3. The van der Waals surface area contributed by atoms with Gasteiger partial charge in [0.15, 0.2) is 0 Å². The monoisotopic (exact) mass is 320 g/mol. The van der Waals surface area contributed by atoms with E-state index in [2.05, 4.69) is 10.2 Å². The molecule has 0 radical (unpaired) electrons. The highest BCUT2D eigenvalue weighted by molar-refractivity contribution is 7.85. The van der Waals surface area contributed by atoms with Gasteiger partial charge in [0.2, 0.25) is 0 Å².